The van der Waals surface area contributed by atoms with Crippen LogP contribution in [0.3, 0.4) is 0 Å². The molecule has 0 aliphatic heterocycles. The van der Waals surface area contributed by atoms with Crippen molar-refractivity contribution < 1.29 is 13.2 Å². The van der Waals surface area contributed by atoms with E-state index in [9.17, 15) is 13.2 Å². The number of rotatable bonds is 8. The first kappa shape index (κ1) is 16.4. The van der Waals surface area contributed by atoms with E-state index in [-0.39, 0.29) is 18.1 Å². The smallest absolute Gasteiger partial charge is 0.212 e. The predicted octanol–water partition coefficient (Wildman–Crippen LogP) is 3.26. The van der Waals surface area contributed by atoms with Gasteiger partial charge in [-0.05, 0) is 30.0 Å². The first-order valence-electron chi connectivity index (χ1n) is 6.66. The lowest BCUT2D eigenvalue weighted by molar-refractivity contribution is 0.104. The van der Waals surface area contributed by atoms with Gasteiger partial charge in [-0.3, -0.25) is 4.79 Å². The molecule has 0 aliphatic rings. The van der Waals surface area contributed by atoms with E-state index < -0.39 is 10.0 Å². The van der Waals surface area contributed by atoms with Gasteiger partial charge in [0, 0.05) is 11.4 Å². The van der Waals surface area contributed by atoms with Crippen LogP contribution in [0.4, 0.5) is 0 Å². The van der Waals surface area contributed by atoms with E-state index >= 15 is 0 Å². The molecular weight excluding hydrogens is 326 g/mol. The fourth-order valence-electron chi connectivity index (χ4n) is 1.71. The average Bonchev–Trinajstić information content (AvgIpc) is 3.13. The van der Waals surface area contributed by atoms with Crippen molar-refractivity contribution in [2.24, 2.45) is 0 Å². The van der Waals surface area contributed by atoms with Crippen LogP contribution in [0.2, 0.25) is 0 Å². The Balaban J connectivity index is 1.96. The topological polar surface area (TPSA) is 63.2 Å². The lowest BCUT2D eigenvalue weighted by Crippen LogP contribution is -2.25. The van der Waals surface area contributed by atoms with E-state index in [2.05, 4.69) is 4.72 Å². The molecule has 2 heterocycles. The molecule has 0 radical (unpaired) electrons. The Hall–Kier alpha value is -1.02. The summed E-state index contributed by atoms with van der Waals surface area (Å²) in [6.07, 6.45) is 1.50. The van der Waals surface area contributed by atoms with Gasteiger partial charge in [-0.15, -0.1) is 22.7 Å². The SMILES string of the molecule is CCCCS(=O)(=O)NCc1ccc(C(=O)c2cccs2)s1. The van der Waals surface area contributed by atoms with Crippen LogP contribution in [0, 0.1) is 0 Å². The van der Waals surface area contributed by atoms with E-state index in [0.717, 1.165) is 11.3 Å². The molecule has 0 aliphatic carbocycles. The third-order valence-electron chi connectivity index (χ3n) is 2.86. The zero-order chi connectivity index (χ0) is 15.3. The van der Waals surface area contributed by atoms with E-state index in [4.69, 9.17) is 0 Å². The van der Waals surface area contributed by atoms with Crippen molar-refractivity contribution in [2.75, 3.05) is 5.75 Å². The largest absolute Gasteiger partial charge is 0.287 e. The molecule has 0 spiro atoms. The predicted molar refractivity (Wildman–Crippen MR) is 87.6 cm³/mol. The molecule has 0 saturated carbocycles. The van der Waals surface area contributed by atoms with E-state index in [1.54, 1.807) is 18.2 Å². The van der Waals surface area contributed by atoms with E-state index in [1.165, 1.54) is 22.7 Å². The van der Waals surface area contributed by atoms with Gasteiger partial charge >= 0.3 is 0 Å². The van der Waals surface area contributed by atoms with Crippen LogP contribution in [-0.4, -0.2) is 20.0 Å². The third-order valence-corrected chi connectivity index (χ3v) is 6.23. The first-order chi connectivity index (χ1) is 10.0. The second-order valence-electron chi connectivity index (χ2n) is 4.57. The number of ketones is 1. The van der Waals surface area contributed by atoms with Gasteiger partial charge < -0.3 is 0 Å². The second-order valence-corrected chi connectivity index (χ2v) is 8.61. The Morgan fingerprint density at radius 3 is 2.71 bits per heavy atom. The van der Waals surface area contributed by atoms with Crippen LogP contribution in [0.15, 0.2) is 29.6 Å². The quantitative estimate of drug-likeness (QED) is 0.748. The van der Waals surface area contributed by atoms with Crippen LogP contribution in [-0.2, 0) is 16.6 Å². The minimum atomic E-state index is -3.22. The average molecular weight is 343 g/mol. The monoisotopic (exact) mass is 343 g/mol. The second kappa shape index (κ2) is 7.31. The fraction of sp³-hybridized carbons (Fsp3) is 0.357. The maximum absolute atomic E-state index is 12.1. The maximum atomic E-state index is 12.1. The van der Waals surface area contributed by atoms with Gasteiger partial charge in [0.15, 0.2) is 0 Å². The summed E-state index contributed by atoms with van der Waals surface area (Å²) in [7, 11) is -3.22. The van der Waals surface area contributed by atoms with Gasteiger partial charge in [0.05, 0.1) is 15.5 Å². The fourth-order valence-corrected chi connectivity index (χ4v) is 4.64. The van der Waals surface area contributed by atoms with Crippen LogP contribution < -0.4 is 4.72 Å². The van der Waals surface area contributed by atoms with Crippen molar-refractivity contribution >= 4 is 38.5 Å². The summed E-state index contributed by atoms with van der Waals surface area (Å²) < 4.78 is 26.0. The molecule has 2 rings (SSSR count). The van der Waals surface area contributed by atoms with Gasteiger partial charge in [-0.25, -0.2) is 13.1 Å². The molecule has 0 aromatic carbocycles. The molecule has 114 valence electrons. The summed E-state index contributed by atoms with van der Waals surface area (Å²) in [6.45, 7) is 2.20. The van der Waals surface area contributed by atoms with Gasteiger partial charge in [-0.2, -0.15) is 0 Å². The molecule has 2 aromatic rings. The van der Waals surface area contributed by atoms with Gasteiger partial charge in [-0.1, -0.05) is 19.4 Å². The summed E-state index contributed by atoms with van der Waals surface area (Å²) in [5.41, 5.74) is 0. The molecule has 0 saturated heterocycles. The molecule has 21 heavy (non-hydrogen) atoms. The molecule has 0 atom stereocenters. The van der Waals surface area contributed by atoms with Crippen LogP contribution in [0.1, 0.15) is 39.2 Å². The van der Waals surface area contributed by atoms with E-state index in [1.807, 2.05) is 18.4 Å². The van der Waals surface area contributed by atoms with Gasteiger partial charge in [0.2, 0.25) is 15.8 Å². The Morgan fingerprint density at radius 1 is 1.24 bits per heavy atom. The number of thiophene rings is 2. The Labute approximate surface area is 132 Å². The molecule has 1 N–H and O–H groups in total. The van der Waals surface area contributed by atoms with Gasteiger partial charge in [0.1, 0.15) is 0 Å². The highest BCUT2D eigenvalue weighted by Gasteiger charge is 2.14. The van der Waals surface area contributed by atoms with Crippen molar-refractivity contribution in [3.05, 3.63) is 44.3 Å². The summed E-state index contributed by atoms with van der Waals surface area (Å²) in [5.74, 6) is 0.144. The number of hydrogen-bond acceptors (Lipinski definition) is 5. The van der Waals surface area contributed by atoms with Crippen LogP contribution >= 0.6 is 22.7 Å². The summed E-state index contributed by atoms with van der Waals surface area (Å²) in [4.78, 5) is 14.3. The van der Waals surface area contributed by atoms with Crippen LogP contribution in [0.5, 0.6) is 0 Å². The number of sulfonamides is 1. The number of unbranched alkanes of at least 4 members (excludes halogenated alkanes) is 1. The Bertz CT molecular complexity index is 687. The van der Waals surface area contributed by atoms with Crippen molar-refractivity contribution in [1.29, 1.82) is 0 Å². The molecule has 4 nitrogen and oxygen atoms in total. The van der Waals surface area contributed by atoms with Crippen molar-refractivity contribution in [1.82, 2.24) is 4.72 Å². The molecule has 0 amide bonds. The van der Waals surface area contributed by atoms with Crippen molar-refractivity contribution in [3.8, 4) is 0 Å². The van der Waals surface area contributed by atoms with Crippen molar-refractivity contribution in [2.45, 2.75) is 26.3 Å². The number of hydrogen-bond donors (Lipinski definition) is 1. The summed E-state index contributed by atoms with van der Waals surface area (Å²) >= 11 is 2.74. The Kier molecular flexibility index (Phi) is 5.69. The Morgan fingerprint density at radius 2 is 2.05 bits per heavy atom. The molecule has 7 heteroatoms. The zero-order valence-electron chi connectivity index (χ0n) is 11.7. The zero-order valence-corrected chi connectivity index (χ0v) is 14.1. The molecule has 2 aromatic heterocycles. The molecule has 0 fully saturated rings. The van der Waals surface area contributed by atoms with Crippen molar-refractivity contribution in [3.63, 3.8) is 0 Å². The molecule has 0 unspecified atom stereocenters. The first-order valence-corrected chi connectivity index (χ1v) is 10.0. The molecular formula is C14H17NO3S3. The minimum absolute atomic E-state index is 0.00455. The number of nitrogens with one attached hydrogen (secondary N) is 1. The highest BCUT2D eigenvalue weighted by molar-refractivity contribution is 7.89. The highest BCUT2D eigenvalue weighted by Crippen LogP contribution is 2.22. The summed E-state index contributed by atoms with van der Waals surface area (Å²) in [6, 6.07) is 7.18. The maximum Gasteiger partial charge on any atom is 0.212 e. The third kappa shape index (κ3) is 4.74. The normalized spacial score (nSPS) is 11.7. The lowest BCUT2D eigenvalue weighted by atomic mass is 10.3. The minimum Gasteiger partial charge on any atom is -0.287 e. The number of carbonyl (C=O) groups is 1. The standard InChI is InChI=1S/C14H17NO3S3/c1-2-3-9-21(17,18)15-10-11-6-7-13(20-11)14(16)12-5-4-8-19-12/h4-8,15H,2-3,9-10H2,1H3. The number of carbonyl (C=O) groups excluding carboxylic acids is 1. The van der Waals surface area contributed by atoms with E-state index in [0.29, 0.717) is 16.2 Å². The highest BCUT2D eigenvalue weighted by atomic mass is 32.2. The summed E-state index contributed by atoms with van der Waals surface area (Å²) in [5, 5.41) is 1.86. The van der Waals surface area contributed by atoms with Crippen LogP contribution in [0.25, 0.3) is 0 Å². The van der Waals surface area contributed by atoms with Gasteiger partial charge in [0.25, 0.3) is 0 Å². The lowest BCUT2D eigenvalue weighted by Gasteiger charge is -2.04. The molecule has 0 bridgehead atoms.